The lowest BCUT2D eigenvalue weighted by atomic mass is 9.97. The van der Waals surface area contributed by atoms with Crippen molar-refractivity contribution in [3.63, 3.8) is 0 Å². The predicted octanol–water partition coefficient (Wildman–Crippen LogP) is 3.33. The van der Waals surface area contributed by atoms with E-state index >= 15 is 0 Å². The van der Waals surface area contributed by atoms with Crippen molar-refractivity contribution < 1.29 is 0 Å². The van der Waals surface area contributed by atoms with Crippen molar-refractivity contribution in [1.82, 2.24) is 4.90 Å². The van der Waals surface area contributed by atoms with E-state index in [2.05, 4.69) is 39.4 Å². The highest BCUT2D eigenvalue weighted by atomic mass is 15.2. The number of benzene rings is 1. The van der Waals surface area contributed by atoms with Crippen molar-refractivity contribution in [1.29, 1.82) is 0 Å². The van der Waals surface area contributed by atoms with Crippen LogP contribution in [0.3, 0.4) is 0 Å². The number of rotatable bonds is 3. The molecule has 1 aromatic carbocycles. The predicted molar refractivity (Wildman–Crippen MR) is 89.1 cm³/mol. The Balaban J connectivity index is 1.46. The van der Waals surface area contributed by atoms with Gasteiger partial charge in [-0.15, -0.1) is 0 Å². The fourth-order valence-electron chi connectivity index (χ4n) is 4.40. The SMILES string of the molecule is c1ccc(N2CCCC2)c(NC2CCN3CCCC3C2)c1. The highest BCUT2D eigenvalue weighted by Gasteiger charge is 2.31. The maximum absolute atomic E-state index is 3.87. The molecule has 21 heavy (non-hydrogen) atoms. The summed E-state index contributed by atoms with van der Waals surface area (Å²) in [6.45, 7) is 5.06. The number of hydrogen-bond donors (Lipinski definition) is 1. The molecule has 0 aliphatic carbocycles. The maximum atomic E-state index is 3.87. The molecule has 4 rings (SSSR count). The highest BCUT2D eigenvalue weighted by Crippen LogP contribution is 2.33. The number of hydrogen-bond acceptors (Lipinski definition) is 3. The summed E-state index contributed by atoms with van der Waals surface area (Å²) in [4.78, 5) is 5.25. The first-order chi connectivity index (χ1) is 10.4. The van der Waals surface area contributed by atoms with E-state index in [0.29, 0.717) is 6.04 Å². The van der Waals surface area contributed by atoms with Crippen molar-refractivity contribution in [3.8, 4) is 0 Å². The van der Waals surface area contributed by atoms with Crippen LogP contribution < -0.4 is 10.2 Å². The normalized spacial score (nSPS) is 29.6. The van der Waals surface area contributed by atoms with E-state index in [1.165, 1.54) is 76.1 Å². The minimum atomic E-state index is 0.660. The van der Waals surface area contributed by atoms with Crippen molar-refractivity contribution in [2.24, 2.45) is 0 Å². The molecule has 0 saturated carbocycles. The lowest BCUT2D eigenvalue weighted by Crippen LogP contribution is -2.42. The summed E-state index contributed by atoms with van der Waals surface area (Å²) in [5.74, 6) is 0. The zero-order valence-electron chi connectivity index (χ0n) is 12.9. The first-order valence-corrected chi connectivity index (χ1v) is 8.75. The van der Waals surface area contributed by atoms with Gasteiger partial charge in [0.25, 0.3) is 0 Å². The van der Waals surface area contributed by atoms with Gasteiger partial charge in [0.05, 0.1) is 11.4 Å². The van der Waals surface area contributed by atoms with Crippen molar-refractivity contribution in [2.75, 3.05) is 36.4 Å². The Kier molecular flexibility index (Phi) is 3.76. The van der Waals surface area contributed by atoms with Crippen LogP contribution in [-0.4, -0.2) is 43.2 Å². The standard InChI is InChI=1S/C18H27N3/c1-2-8-18(21-10-3-4-11-21)17(7-1)19-15-9-13-20-12-5-6-16(20)14-15/h1-2,7-8,15-16,19H,3-6,9-14H2. The molecular weight excluding hydrogens is 258 g/mol. The minimum Gasteiger partial charge on any atom is -0.381 e. The number of anilines is 2. The quantitative estimate of drug-likeness (QED) is 0.919. The Morgan fingerprint density at radius 1 is 0.905 bits per heavy atom. The topological polar surface area (TPSA) is 18.5 Å². The molecule has 114 valence electrons. The molecule has 3 aliphatic heterocycles. The number of fused-ring (bicyclic) bond motifs is 1. The largest absolute Gasteiger partial charge is 0.381 e. The molecule has 3 aliphatic rings. The van der Waals surface area contributed by atoms with Gasteiger partial charge in [-0.2, -0.15) is 0 Å². The van der Waals surface area contributed by atoms with Gasteiger partial charge in [0.1, 0.15) is 0 Å². The van der Waals surface area contributed by atoms with Gasteiger partial charge in [-0.1, -0.05) is 12.1 Å². The van der Waals surface area contributed by atoms with Gasteiger partial charge >= 0.3 is 0 Å². The summed E-state index contributed by atoms with van der Waals surface area (Å²) in [5, 5.41) is 3.87. The summed E-state index contributed by atoms with van der Waals surface area (Å²) in [6, 6.07) is 10.4. The van der Waals surface area contributed by atoms with Crippen LogP contribution in [0.2, 0.25) is 0 Å². The maximum Gasteiger partial charge on any atom is 0.0602 e. The number of nitrogens with one attached hydrogen (secondary N) is 1. The smallest absolute Gasteiger partial charge is 0.0602 e. The Morgan fingerprint density at radius 2 is 1.76 bits per heavy atom. The summed E-state index contributed by atoms with van der Waals surface area (Å²) in [7, 11) is 0. The molecule has 3 saturated heterocycles. The van der Waals surface area contributed by atoms with Crippen LogP contribution in [0.1, 0.15) is 38.5 Å². The second kappa shape index (κ2) is 5.88. The molecule has 0 bridgehead atoms. The van der Waals surface area contributed by atoms with Crippen LogP contribution in [0.5, 0.6) is 0 Å². The molecule has 3 heteroatoms. The Morgan fingerprint density at radius 3 is 2.67 bits per heavy atom. The molecule has 1 N–H and O–H groups in total. The molecule has 0 aromatic heterocycles. The third-order valence-corrected chi connectivity index (χ3v) is 5.53. The zero-order valence-corrected chi connectivity index (χ0v) is 12.9. The fourth-order valence-corrected chi connectivity index (χ4v) is 4.40. The molecule has 0 amide bonds. The summed E-state index contributed by atoms with van der Waals surface area (Å²) >= 11 is 0. The Labute approximate surface area is 128 Å². The van der Waals surface area contributed by atoms with E-state index in [1.807, 2.05) is 0 Å². The first kappa shape index (κ1) is 13.4. The van der Waals surface area contributed by atoms with E-state index < -0.39 is 0 Å². The van der Waals surface area contributed by atoms with Crippen molar-refractivity contribution in [2.45, 2.75) is 50.6 Å². The molecule has 1 aromatic rings. The summed E-state index contributed by atoms with van der Waals surface area (Å²) < 4.78 is 0. The van der Waals surface area contributed by atoms with Gasteiger partial charge in [-0.25, -0.2) is 0 Å². The number of piperidine rings is 1. The zero-order chi connectivity index (χ0) is 14.1. The lowest BCUT2D eigenvalue weighted by Gasteiger charge is -2.36. The number of para-hydroxylation sites is 2. The molecule has 2 unspecified atom stereocenters. The Bertz CT molecular complexity index is 481. The van der Waals surface area contributed by atoms with Gasteiger partial charge in [0.15, 0.2) is 0 Å². The number of nitrogens with zero attached hydrogens (tertiary/aromatic N) is 2. The van der Waals surface area contributed by atoms with Gasteiger partial charge in [-0.3, -0.25) is 0 Å². The van der Waals surface area contributed by atoms with Crippen LogP contribution in [0.15, 0.2) is 24.3 Å². The van der Waals surface area contributed by atoms with E-state index in [0.717, 1.165) is 6.04 Å². The molecule has 3 nitrogen and oxygen atoms in total. The minimum absolute atomic E-state index is 0.660. The average molecular weight is 285 g/mol. The summed E-state index contributed by atoms with van der Waals surface area (Å²) in [6.07, 6.45) is 8.12. The van der Waals surface area contributed by atoms with Crippen molar-refractivity contribution >= 4 is 11.4 Å². The van der Waals surface area contributed by atoms with E-state index in [9.17, 15) is 0 Å². The third kappa shape index (κ3) is 2.76. The van der Waals surface area contributed by atoms with Crippen LogP contribution >= 0.6 is 0 Å². The molecule has 0 spiro atoms. The van der Waals surface area contributed by atoms with E-state index in [-0.39, 0.29) is 0 Å². The highest BCUT2D eigenvalue weighted by molar-refractivity contribution is 5.70. The van der Waals surface area contributed by atoms with Crippen LogP contribution in [0, 0.1) is 0 Å². The average Bonchev–Trinajstić information content (AvgIpc) is 3.19. The van der Waals surface area contributed by atoms with Gasteiger partial charge in [0.2, 0.25) is 0 Å². The molecular formula is C18H27N3. The van der Waals surface area contributed by atoms with Crippen LogP contribution in [-0.2, 0) is 0 Å². The Hall–Kier alpha value is -1.22. The second-order valence-corrected chi connectivity index (χ2v) is 6.91. The van der Waals surface area contributed by atoms with E-state index in [4.69, 9.17) is 0 Å². The molecule has 3 fully saturated rings. The fraction of sp³-hybridized carbons (Fsp3) is 0.667. The molecule has 3 heterocycles. The van der Waals surface area contributed by atoms with Gasteiger partial charge in [0, 0.05) is 31.7 Å². The van der Waals surface area contributed by atoms with Gasteiger partial charge < -0.3 is 15.1 Å². The summed E-state index contributed by atoms with van der Waals surface area (Å²) in [5.41, 5.74) is 2.78. The van der Waals surface area contributed by atoms with E-state index in [1.54, 1.807) is 0 Å². The van der Waals surface area contributed by atoms with Crippen LogP contribution in [0.25, 0.3) is 0 Å². The van der Waals surface area contributed by atoms with Crippen molar-refractivity contribution in [3.05, 3.63) is 24.3 Å². The first-order valence-electron chi connectivity index (χ1n) is 8.75. The third-order valence-electron chi connectivity index (χ3n) is 5.53. The lowest BCUT2D eigenvalue weighted by molar-refractivity contribution is 0.188. The van der Waals surface area contributed by atoms with Gasteiger partial charge in [-0.05, 0) is 57.2 Å². The van der Waals surface area contributed by atoms with Crippen LogP contribution in [0.4, 0.5) is 11.4 Å². The second-order valence-electron chi connectivity index (χ2n) is 6.91. The monoisotopic (exact) mass is 285 g/mol. The molecule has 2 atom stereocenters. The molecule has 0 radical (unpaired) electrons.